The topological polar surface area (TPSA) is 101 Å². The van der Waals surface area contributed by atoms with Gasteiger partial charge in [-0.3, -0.25) is 14.0 Å². The molecule has 0 saturated heterocycles. The van der Waals surface area contributed by atoms with Gasteiger partial charge >= 0.3 is 0 Å². The lowest BCUT2D eigenvalue weighted by Gasteiger charge is -2.21. The zero-order valence-corrected chi connectivity index (χ0v) is 23.4. The monoisotopic (exact) mass is 525 g/mol. The van der Waals surface area contributed by atoms with Gasteiger partial charge in [0.2, 0.25) is 11.8 Å². The smallest absolute Gasteiger partial charge is 0.239 e. The Morgan fingerprint density at radius 3 is 2.19 bits per heavy atom. The largest absolute Gasteiger partial charge is 0.494 e. The normalized spacial score (nSPS) is 12.2. The highest BCUT2D eigenvalue weighted by Crippen LogP contribution is 2.38. The van der Waals surface area contributed by atoms with Gasteiger partial charge in [-0.25, -0.2) is 4.98 Å². The molecular formula is C26H35N7O3S. The summed E-state index contributed by atoms with van der Waals surface area (Å²) in [6.45, 7) is 10.3. The maximum Gasteiger partial charge on any atom is 0.239 e. The van der Waals surface area contributed by atoms with Gasteiger partial charge in [-0.1, -0.05) is 26.0 Å². The van der Waals surface area contributed by atoms with Gasteiger partial charge in [-0.15, -0.1) is 10.2 Å². The minimum Gasteiger partial charge on any atom is -0.494 e. The molecule has 0 aliphatic carbocycles. The summed E-state index contributed by atoms with van der Waals surface area (Å²) in [6, 6.07) is 11.2. The fourth-order valence-electron chi connectivity index (χ4n) is 3.55. The molecule has 4 aromatic rings. The fraction of sp³-hybridized carbons (Fsp3) is 0.385. The Morgan fingerprint density at radius 1 is 0.919 bits per heavy atom. The molecule has 0 radical (unpaired) electrons. The number of aryl methyl sites for hydroxylation is 1. The summed E-state index contributed by atoms with van der Waals surface area (Å²) in [5.41, 5.74) is 2.38. The van der Waals surface area contributed by atoms with Crippen molar-refractivity contribution in [2.45, 2.75) is 45.9 Å². The Morgan fingerprint density at radius 2 is 1.59 bits per heavy atom. The van der Waals surface area contributed by atoms with Gasteiger partial charge in [0, 0.05) is 17.5 Å². The fourth-order valence-corrected chi connectivity index (χ4v) is 4.29. The lowest BCUT2D eigenvalue weighted by molar-refractivity contribution is 0.391. The number of pyridine rings is 1. The van der Waals surface area contributed by atoms with Crippen LogP contribution in [-0.2, 0) is 0 Å². The number of para-hydroxylation sites is 1. The third-order valence-electron chi connectivity index (χ3n) is 5.61. The molecule has 2 unspecified atom stereocenters. The zero-order chi connectivity index (χ0) is 26.9. The van der Waals surface area contributed by atoms with E-state index in [0.717, 1.165) is 5.56 Å². The van der Waals surface area contributed by atoms with E-state index in [1.807, 2.05) is 72.7 Å². The van der Waals surface area contributed by atoms with Crippen LogP contribution in [0.2, 0.25) is 0 Å². The third kappa shape index (κ3) is 6.16. The molecule has 0 amide bonds. The molecule has 3 heterocycles. The van der Waals surface area contributed by atoms with Gasteiger partial charge in [0.15, 0.2) is 5.82 Å². The van der Waals surface area contributed by atoms with Gasteiger partial charge in [-0.2, -0.15) is 5.10 Å². The quantitative estimate of drug-likeness (QED) is 0.265. The average Bonchev–Trinajstić information content (AvgIpc) is 3.57. The summed E-state index contributed by atoms with van der Waals surface area (Å²) in [7, 11) is 4.81. The highest BCUT2D eigenvalue weighted by molar-refractivity contribution is 8.01. The van der Waals surface area contributed by atoms with Crippen molar-refractivity contribution < 1.29 is 14.2 Å². The van der Waals surface area contributed by atoms with Gasteiger partial charge in [-0.05, 0) is 56.5 Å². The SMILES string of the molecule is CC.COc1cccc(-c2nnc(NSC(C)C(C)n3cc(C)cn3)n2-c2c(OC)cccc2OC)n1. The summed E-state index contributed by atoms with van der Waals surface area (Å²) >= 11 is 1.53. The maximum absolute atomic E-state index is 5.68. The summed E-state index contributed by atoms with van der Waals surface area (Å²) in [5.74, 6) is 2.71. The second kappa shape index (κ2) is 13.0. The van der Waals surface area contributed by atoms with Crippen LogP contribution in [0.25, 0.3) is 17.2 Å². The Hall–Kier alpha value is -3.73. The van der Waals surface area contributed by atoms with E-state index in [1.165, 1.54) is 11.9 Å². The summed E-state index contributed by atoms with van der Waals surface area (Å²) < 4.78 is 23.9. The molecule has 10 nitrogen and oxygen atoms in total. The molecule has 0 bridgehead atoms. The molecular weight excluding hydrogens is 490 g/mol. The molecule has 3 aromatic heterocycles. The number of nitrogens with one attached hydrogen (secondary N) is 1. The van der Waals surface area contributed by atoms with Gasteiger partial charge < -0.3 is 14.2 Å². The van der Waals surface area contributed by atoms with E-state index >= 15 is 0 Å². The predicted molar refractivity (Wildman–Crippen MR) is 148 cm³/mol. The minimum absolute atomic E-state index is 0.151. The molecule has 0 spiro atoms. The first-order chi connectivity index (χ1) is 18.0. The van der Waals surface area contributed by atoms with Crippen LogP contribution >= 0.6 is 11.9 Å². The Labute approximate surface area is 222 Å². The van der Waals surface area contributed by atoms with Crippen LogP contribution < -0.4 is 18.9 Å². The first kappa shape index (κ1) is 27.9. The van der Waals surface area contributed by atoms with Crippen LogP contribution in [0.5, 0.6) is 17.4 Å². The van der Waals surface area contributed by atoms with Crippen molar-refractivity contribution in [2.24, 2.45) is 0 Å². The van der Waals surface area contributed by atoms with E-state index in [0.29, 0.717) is 40.5 Å². The van der Waals surface area contributed by atoms with Crippen molar-refractivity contribution >= 4 is 17.9 Å². The van der Waals surface area contributed by atoms with Crippen LogP contribution in [0.3, 0.4) is 0 Å². The molecule has 1 N–H and O–H groups in total. The molecule has 0 fully saturated rings. The van der Waals surface area contributed by atoms with Crippen LogP contribution in [-0.4, -0.2) is 56.1 Å². The van der Waals surface area contributed by atoms with Crippen LogP contribution in [0, 0.1) is 6.92 Å². The van der Waals surface area contributed by atoms with Crippen LogP contribution in [0.15, 0.2) is 48.8 Å². The highest BCUT2D eigenvalue weighted by Gasteiger charge is 2.24. The number of hydrogen-bond donors (Lipinski definition) is 1. The van der Waals surface area contributed by atoms with Crippen molar-refractivity contribution in [3.63, 3.8) is 0 Å². The van der Waals surface area contributed by atoms with Crippen molar-refractivity contribution in [2.75, 3.05) is 26.1 Å². The van der Waals surface area contributed by atoms with E-state index < -0.39 is 0 Å². The summed E-state index contributed by atoms with van der Waals surface area (Å²) in [5, 5.41) is 13.5. The first-order valence-corrected chi connectivity index (χ1v) is 12.9. The van der Waals surface area contributed by atoms with Gasteiger partial charge in [0.05, 0.1) is 33.6 Å². The highest BCUT2D eigenvalue weighted by atomic mass is 32.2. The van der Waals surface area contributed by atoms with Crippen LogP contribution in [0.4, 0.5) is 5.95 Å². The molecule has 2 atom stereocenters. The van der Waals surface area contributed by atoms with Gasteiger partial charge in [0.1, 0.15) is 22.9 Å². The molecule has 4 rings (SSSR count). The lowest BCUT2D eigenvalue weighted by atomic mass is 10.2. The van der Waals surface area contributed by atoms with Crippen molar-refractivity contribution in [1.82, 2.24) is 29.5 Å². The van der Waals surface area contributed by atoms with Crippen molar-refractivity contribution in [1.29, 1.82) is 0 Å². The third-order valence-corrected chi connectivity index (χ3v) is 6.68. The second-order valence-electron chi connectivity index (χ2n) is 7.92. The Bertz CT molecular complexity index is 1270. The number of anilines is 1. The van der Waals surface area contributed by atoms with Crippen LogP contribution in [0.1, 0.15) is 39.3 Å². The Balaban J connectivity index is 0.00000186. The van der Waals surface area contributed by atoms with E-state index in [-0.39, 0.29) is 11.3 Å². The summed E-state index contributed by atoms with van der Waals surface area (Å²) in [4.78, 5) is 4.56. The second-order valence-corrected chi connectivity index (χ2v) is 9.11. The molecule has 1 aromatic carbocycles. The molecule has 198 valence electrons. The Kier molecular flexibility index (Phi) is 9.78. The van der Waals surface area contributed by atoms with E-state index in [9.17, 15) is 0 Å². The number of methoxy groups -OCH3 is 3. The molecule has 0 aliphatic rings. The standard InChI is InChI=1S/C24H29N7O3S.C2H6/c1-15-13-25-30(14-15)16(2)17(3)35-29-24-28-27-23(18-9-7-12-21(26-18)34-6)31(24)22-19(32-4)10-8-11-20(22)33-5;1-2/h7-14,16-17H,1-6H3,(H,28,29);1-2H3. The van der Waals surface area contributed by atoms with E-state index in [2.05, 4.69) is 38.8 Å². The zero-order valence-electron chi connectivity index (χ0n) is 22.6. The maximum atomic E-state index is 5.68. The molecule has 37 heavy (non-hydrogen) atoms. The number of nitrogens with zero attached hydrogens (tertiary/aromatic N) is 6. The first-order valence-electron chi connectivity index (χ1n) is 12.1. The van der Waals surface area contributed by atoms with Gasteiger partial charge in [0.25, 0.3) is 0 Å². The number of hydrogen-bond acceptors (Lipinski definition) is 9. The van der Waals surface area contributed by atoms with E-state index in [1.54, 1.807) is 27.4 Å². The average molecular weight is 526 g/mol. The number of aromatic nitrogens is 6. The molecule has 0 aliphatic heterocycles. The number of benzene rings is 1. The van der Waals surface area contributed by atoms with Crippen molar-refractivity contribution in [3.8, 4) is 34.6 Å². The number of rotatable bonds is 10. The molecule has 11 heteroatoms. The number of ether oxygens (including phenoxy) is 3. The van der Waals surface area contributed by atoms with Crippen molar-refractivity contribution in [3.05, 3.63) is 54.4 Å². The van der Waals surface area contributed by atoms with E-state index in [4.69, 9.17) is 14.2 Å². The summed E-state index contributed by atoms with van der Waals surface area (Å²) in [6.07, 6.45) is 3.90. The molecule has 0 saturated carbocycles. The predicted octanol–water partition coefficient (Wildman–Crippen LogP) is 5.60. The minimum atomic E-state index is 0.151. The lowest BCUT2D eigenvalue weighted by Crippen LogP contribution is -2.18.